The first-order valence-corrected chi connectivity index (χ1v) is 7.69. The molecule has 2 unspecified atom stereocenters. The fourth-order valence-corrected chi connectivity index (χ4v) is 2.51. The third-order valence-electron chi connectivity index (χ3n) is 3.64. The smallest absolute Gasteiger partial charge is 0.220 e. The third kappa shape index (κ3) is 5.74. The zero-order chi connectivity index (χ0) is 14.8. The first-order chi connectivity index (χ1) is 9.71. The molecule has 0 fully saturated rings. The summed E-state index contributed by atoms with van der Waals surface area (Å²) in [4.78, 5) is 19.3. The van der Waals surface area contributed by atoms with Crippen LogP contribution in [0.1, 0.15) is 64.2 Å². The van der Waals surface area contributed by atoms with Gasteiger partial charge in [-0.1, -0.05) is 26.7 Å². The number of nitrogens with two attached hydrogens (primary N) is 1. The van der Waals surface area contributed by atoms with Gasteiger partial charge < -0.3 is 16.0 Å². The van der Waals surface area contributed by atoms with Crippen LogP contribution in [0.15, 0.2) is 12.4 Å². The van der Waals surface area contributed by atoms with Gasteiger partial charge in [-0.2, -0.15) is 0 Å². The number of aromatic nitrogens is 2. The lowest BCUT2D eigenvalue weighted by molar-refractivity contribution is -0.122. The van der Waals surface area contributed by atoms with E-state index in [1.54, 1.807) is 12.4 Å². The maximum atomic E-state index is 12.0. The third-order valence-corrected chi connectivity index (χ3v) is 3.64. The van der Waals surface area contributed by atoms with Gasteiger partial charge in [-0.25, -0.2) is 4.98 Å². The number of carbonyl (C=O) groups is 1. The Hall–Kier alpha value is -1.36. The number of amides is 1. The van der Waals surface area contributed by atoms with Gasteiger partial charge in [0.15, 0.2) is 0 Å². The lowest BCUT2D eigenvalue weighted by atomic mass is 9.94. The van der Waals surface area contributed by atoms with Crippen molar-refractivity contribution < 1.29 is 4.79 Å². The maximum Gasteiger partial charge on any atom is 0.220 e. The van der Waals surface area contributed by atoms with E-state index in [1.165, 1.54) is 0 Å². The molecule has 0 radical (unpaired) electrons. The van der Waals surface area contributed by atoms with E-state index in [1.807, 2.05) is 6.92 Å². The minimum atomic E-state index is -0.0170. The average Bonchev–Trinajstić information content (AvgIpc) is 2.96. The minimum absolute atomic E-state index is 0.0170. The molecule has 0 spiro atoms. The van der Waals surface area contributed by atoms with Gasteiger partial charge in [0.25, 0.3) is 0 Å². The highest BCUT2D eigenvalue weighted by Gasteiger charge is 2.16. The van der Waals surface area contributed by atoms with Crippen LogP contribution in [0.2, 0.25) is 0 Å². The Morgan fingerprint density at radius 2 is 2.20 bits per heavy atom. The average molecular weight is 280 g/mol. The molecule has 0 saturated heterocycles. The van der Waals surface area contributed by atoms with E-state index in [4.69, 9.17) is 5.73 Å². The van der Waals surface area contributed by atoms with Crippen molar-refractivity contribution in [3.63, 3.8) is 0 Å². The standard InChI is InChI=1S/C15H28N4O/c1-3-5-12(8-9-16)6-7-14(20)19-13(4-2)15-17-10-11-18-15/h10-13H,3-9,16H2,1-2H3,(H,17,18)(H,19,20). The van der Waals surface area contributed by atoms with E-state index in [0.717, 1.165) is 37.9 Å². The highest BCUT2D eigenvalue weighted by Crippen LogP contribution is 2.18. The minimum Gasteiger partial charge on any atom is -0.347 e. The molecule has 0 bridgehead atoms. The summed E-state index contributed by atoms with van der Waals surface area (Å²) in [5.74, 6) is 1.50. The van der Waals surface area contributed by atoms with Crippen LogP contribution in [0.5, 0.6) is 0 Å². The topological polar surface area (TPSA) is 83.8 Å². The van der Waals surface area contributed by atoms with Crippen molar-refractivity contribution in [1.82, 2.24) is 15.3 Å². The molecular formula is C15H28N4O. The molecule has 1 amide bonds. The summed E-state index contributed by atoms with van der Waals surface area (Å²) in [7, 11) is 0. The fraction of sp³-hybridized carbons (Fsp3) is 0.733. The predicted octanol–water partition coefficient (Wildman–Crippen LogP) is 2.52. The summed E-state index contributed by atoms with van der Waals surface area (Å²) in [6.45, 7) is 4.92. The van der Waals surface area contributed by atoms with Gasteiger partial charge in [-0.3, -0.25) is 4.79 Å². The molecule has 0 aliphatic carbocycles. The summed E-state index contributed by atoms with van der Waals surface area (Å²) in [5, 5.41) is 3.04. The van der Waals surface area contributed by atoms with Crippen molar-refractivity contribution >= 4 is 5.91 Å². The molecule has 20 heavy (non-hydrogen) atoms. The molecule has 1 aromatic rings. The van der Waals surface area contributed by atoms with Crippen molar-refractivity contribution in [2.75, 3.05) is 6.54 Å². The van der Waals surface area contributed by atoms with Crippen LogP contribution in [-0.4, -0.2) is 22.4 Å². The van der Waals surface area contributed by atoms with Gasteiger partial charge in [0.1, 0.15) is 5.82 Å². The van der Waals surface area contributed by atoms with Gasteiger partial charge in [0.2, 0.25) is 5.91 Å². The number of nitrogens with one attached hydrogen (secondary N) is 2. The van der Waals surface area contributed by atoms with Gasteiger partial charge >= 0.3 is 0 Å². The van der Waals surface area contributed by atoms with E-state index in [9.17, 15) is 4.79 Å². The van der Waals surface area contributed by atoms with Gasteiger partial charge in [-0.15, -0.1) is 0 Å². The Labute approximate surface area is 121 Å². The Balaban J connectivity index is 2.38. The quantitative estimate of drug-likeness (QED) is 0.615. The number of nitrogens with zero attached hydrogens (tertiary/aromatic N) is 1. The SMILES string of the molecule is CCCC(CCN)CCC(=O)NC(CC)c1ncc[nH]1. The van der Waals surface area contributed by atoms with E-state index in [-0.39, 0.29) is 11.9 Å². The number of carbonyl (C=O) groups excluding carboxylic acids is 1. The van der Waals surface area contributed by atoms with E-state index in [0.29, 0.717) is 18.9 Å². The Morgan fingerprint density at radius 1 is 1.40 bits per heavy atom. The molecule has 0 aliphatic rings. The van der Waals surface area contributed by atoms with E-state index >= 15 is 0 Å². The molecular weight excluding hydrogens is 252 g/mol. The zero-order valence-corrected chi connectivity index (χ0v) is 12.7. The normalized spacial score (nSPS) is 13.9. The van der Waals surface area contributed by atoms with Gasteiger partial charge in [0, 0.05) is 18.8 Å². The van der Waals surface area contributed by atoms with Gasteiger partial charge in [-0.05, 0) is 31.7 Å². The van der Waals surface area contributed by atoms with Crippen LogP contribution >= 0.6 is 0 Å². The number of hydrogen-bond acceptors (Lipinski definition) is 3. The van der Waals surface area contributed by atoms with Gasteiger partial charge in [0.05, 0.1) is 6.04 Å². The van der Waals surface area contributed by atoms with Crippen molar-refractivity contribution in [3.05, 3.63) is 18.2 Å². The lowest BCUT2D eigenvalue weighted by Crippen LogP contribution is -2.29. The van der Waals surface area contributed by atoms with Crippen molar-refractivity contribution in [2.45, 2.75) is 58.4 Å². The maximum absolute atomic E-state index is 12.0. The van der Waals surface area contributed by atoms with Crippen molar-refractivity contribution in [1.29, 1.82) is 0 Å². The first-order valence-electron chi connectivity index (χ1n) is 7.69. The molecule has 1 rings (SSSR count). The Morgan fingerprint density at radius 3 is 2.75 bits per heavy atom. The molecule has 0 aliphatic heterocycles. The van der Waals surface area contributed by atoms with Crippen LogP contribution in [-0.2, 0) is 4.79 Å². The second-order valence-electron chi connectivity index (χ2n) is 5.27. The summed E-state index contributed by atoms with van der Waals surface area (Å²) in [5.41, 5.74) is 5.62. The van der Waals surface area contributed by atoms with Crippen molar-refractivity contribution in [3.8, 4) is 0 Å². The number of imidazole rings is 1. The molecule has 5 heteroatoms. The molecule has 2 atom stereocenters. The highest BCUT2D eigenvalue weighted by atomic mass is 16.1. The number of hydrogen-bond donors (Lipinski definition) is 3. The van der Waals surface area contributed by atoms with Crippen LogP contribution in [0.25, 0.3) is 0 Å². The second kappa shape index (κ2) is 9.53. The molecule has 0 saturated carbocycles. The van der Waals surface area contributed by atoms with Crippen LogP contribution in [0, 0.1) is 5.92 Å². The van der Waals surface area contributed by atoms with E-state index in [2.05, 4.69) is 22.2 Å². The molecule has 1 aromatic heterocycles. The molecule has 4 N–H and O–H groups in total. The highest BCUT2D eigenvalue weighted by molar-refractivity contribution is 5.76. The van der Waals surface area contributed by atoms with Crippen molar-refractivity contribution in [2.24, 2.45) is 11.7 Å². The summed E-state index contributed by atoms with van der Waals surface area (Å²) >= 11 is 0. The zero-order valence-electron chi connectivity index (χ0n) is 12.7. The van der Waals surface area contributed by atoms with E-state index < -0.39 is 0 Å². The number of H-pyrrole nitrogens is 1. The largest absolute Gasteiger partial charge is 0.347 e. The molecule has 5 nitrogen and oxygen atoms in total. The summed E-state index contributed by atoms with van der Waals surface area (Å²) < 4.78 is 0. The number of rotatable bonds is 10. The monoisotopic (exact) mass is 280 g/mol. The lowest BCUT2D eigenvalue weighted by Gasteiger charge is -2.17. The molecule has 0 aromatic carbocycles. The number of aromatic amines is 1. The molecule has 1 heterocycles. The van der Waals surface area contributed by atoms with Crippen LogP contribution in [0.3, 0.4) is 0 Å². The summed E-state index contributed by atoms with van der Waals surface area (Å²) in [6.07, 6.45) is 9.13. The Bertz CT molecular complexity index is 358. The Kier molecular flexibility index (Phi) is 7.95. The van der Waals surface area contributed by atoms with Crippen LogP contribution < -0.4 is 11.1 Å². The summed E-state index contributed by atoms with van der Waals surface area (Å²) in [6, 6.07) is -0.0170. The fourth-order valence-electron chi connectivity index (χ4n) is 2.51. The first kappa shape index (κ1) is 16.7. The van der Waals surface area contributed by atoms with Crippen LogP contribution in [0.4, 0.5) is 0 Å². The second-order valence-corrected chi connectivity index (χ2v) is 5.27. The predicted molar refractivity (Wildman–Crippen MR) is 81.1 cm³/mol. The molecule has 114 valence electrons.